The van der Waals surface area contributed by atoms with Gasteiger partial charge in [0.05, 0.1) is 30.6 Å². The first-order valence-corrected chi connectivity index (χ1v) is 10.2. The van der Waals surface area contributed by atoms with Crippen molar-refractivity contribution in [3.63, 3.8) is 0 Å². The van der Waals surface area contributed by atoms with Gasteiger partial charge >= 0.3 is 0 Å². The molecule has 0 saturated carbocycles. The van der Waals surface area contributed by atoms with Crippen LogP contribution >= 0.6 is 11.6 Å². The normalized spacial score (nSPS) is 10.7. The molecule has 1 N–H and O–H groups in total. The highest BCUT2D eigenvalue weighted by atomic mass is 35.5. The van der Waals surface area contributed by atoms with Gasteiger partial charge in [0.2, 0.25) is 0 Å². The summed E-state index contributed by atoms with van der Waals surface area (Å²) in [5, 5.41) is 4.14. The average molecular weight is 433 g/mol. The number of fused-ring (bicyclic) bond motifs is 1. The fourth-order valence-corrected chi connectivity index (χ4v) is 3.51. The number of rotatable bonds is 6. The van der Waals surface area contributed by atoms with Crippen molar-refractivity contribution in [3.8, 4) is 22.8 Å². The lowest BCUT2D eigenvalue weighted by Crippen LogP contribution is -2.12. The van der Waals surface area contributed by atoms with Gasteiger partial charge in [-0.05, 0) is 43.3 Å². The number of nitrogens with one attached hydrogen (secondary N) is 1. The van der Waals surface area contributed by atoms with Crippen LogP contribution < -0.4 is 14.8 Å². The minimum Gasteiger partial charge on any atom is -0.495 e. The molecule has 0 atom stereocenters. The van der Waals surface area contributed by atoms with E-state index in [1.807, 2.05) is 49.4 Å². The van der Waals surface area contributed by atoms with E-state index in [2.05, 4.69) is 5.32 Å². The van der Waals surface area contributed by atoms with E-state index >= 15 is 0 Å². The SMILES string of the molecule is CCOc1cc(-c2ccccc2)nc2ccc(C(=O)Nc3cc(Cl)ccc3OC)cc12. The molecule has 0 bridgehead atoms. The van der Waals surface area contributed by atoms with Crippen molar-refractivity contribution in [2.45, 2.75) is 6.92 Å². The van der Waals surface area contributed by atoms with Gasteiger partial charge in [-0.25, -0.2) is 4.98 Å². The monoisotopic (exact) mass is 432 g/mol. The number of hydrogen-bond acceptors (Lipinski definition) is 4. The molecule has 0 aliphatic carbocycles. The second-order valence-corrected chi connectivity index (χ2v) is 7.27. The molecule has 0 saturated heterocycles. The lowest BCUT2D eigenvalue weighted by atomic mass is 10.1. The van der Waals surface area contributed by atoms with E-state index in [0.29, 0.717) is 34.4 Å². The molecular formula is C25H21ClN2O3. The summed E-state index contributed by atoms with van der Waals surface area (Å²) >= 11 is 6.07. The van der Waals surface area contributed by atoms with Gasteiger partial charge in [0, 0.05) is 27.6 Å². The maximum absolute atomic E-state index is 12.9. The molecule has 1 aromatic heterocycles. The maximum Gasteiger partial charge on any atom is 0.255 e. The second kappa shape index (κ2) is 9.06. The number of nitrogens with zero attached hydrogens (tertiary/aromatic N) is 1. The Balaban J connectivity index is 1.72. The smallest absolute Gasteiger partial charge is 0.255 e. The van der Waals surface area contributed by atoms with Gasteiger partial charge in [0.1, 0.15) is 11.5 Å². The molecule has 4 aromatic rings. The Bertz CT molecular complexity index is 1240. The Labute approximate surface area is 185 Å². The zero-order valence-corrected chi connectivity index (χ0v) is 17.9. The molecular weight excluding hydrogens is 412 g/mol. The van der Waals surface area contributed by atoms with Gasteiger partial charge < -0.3 is 14.8 Å². The average Bonchev–Trinajstić information content (AvgIpc) is 2.79. The molecule has 31 heavy (non-hydrogen) atoms. The van der Waals surface area contributed by atoms with Crippen molar-refractivity contribution >= 4 is 34.1 Å². The van der Waals surface area contributed by atoms with Crippen LogP contribution in [0.5, 0.6) is 11.5 Å². The third kappa shape index (κ3) is 4.47. The minimum atomic E-state index is -0.281. The molecule has 0 aliphatic rings. The summed E-state index contributed by atoms with van der Waals surface area (Å²) in [5.41, 5.74) is 3.55. The van der Waals surface area contributed by atoms with E-state index in [0.717, 1.165) is 22.2 Å². The number of carbonyl (C=O) groups excluding carboxylic acids is 1. The Morgan fingerprint density at radius 1 is 1.00 bits per heavy atom. The van der Waals surface area contributed by atoms with Crippen molar-refractivity contribution in [1.82, 2.24) is 4.98 Å². The van der Waals surface area contributed by atoms with Crippen molar-refractivity contribution in [1.29, 1.82) is 0 Å². The van der Waals surface area contributed by atoms with E-state index in [1.54, 1.807) is 37.4 Å². The number of benzene rings is 3. The number of hydrogen-bond donors (Lipinski definition) is 1. The molecule has 1 heterocycles. The summed E-state index contributed by atoms with van der Waals surface area (Å²) in [4.78, 5) is 17.7. The number of pyridine rings is 1. The summed E-state index contributed by atoms with van der Waals surface area (Å²) in [6, 6.07) is 22.2. The number of amides is 1. The van der Waals surface area contributed by atoms with Crippen LogP contribution in [0.2, 0.25) is 5.02 Å². The van der Waals surface area contributed by atoms with Gasteiger partial charge in [-0.1, -0.05) is 41.9 Å². The fourth-order valence-electron chi connectivity index (χ4n) is 3.34. The van der Waals surface area contributed by atoms with Gasteiger partial charge in [0.15, 0.2) is 0 Å². The van der Waals surface area contributed by atoms with E-state index in [9.17, 15) is 4.79 Å². The predicted molar refractivity (Wildman–Crippen MR) is 124 cm³/mol. The lowest BCUT2D eigenvalue weighted by Gasteiger charge is -2.13. The number of ether oxygens (including phenoxy) is 2. The van der Waals surface area contributed by atoms with E-state index in [-0.39, 0.29) is 5.91 Å². The molecule has 4 rings (SSSR count). The summed E-state index contributed by atoms with van der Waals surface area (Å²) in [6.45, 7) is 2.43. The van der Waals surface area contributed by atoms with Crippen molar-refractivity contribution in [2.75, 3.05) is 19.0 Å². The number of aromatic nitrogens is 1. The summed E-state index contributed by atoms with van der Waals surface area (Å²) in [5.74, 6) is 0.932. The van der Waals surface area contributed by atoms with Crippen LogP contribution in [0, 0.1) is 0 Å². The molecule has 3 aromatic carbocycles. The molecule has 6 heteroatoms. The standard InChI is InChI=1S/C25H21ClN2O3/c1-3-31-24-15-21(16-7-5-4-6-8-16)27-20-11-9-17(13-19(20)24)25(29)28-22-14-18(26)10-12-23(22)30-2/h4-15H,3H2,1-2H3,(H,28,29). The maximum atomic E-state index is 12.9. The fraction of sp³-hybridized carbons (Fsp3) is 0.120. The zero-order chi connectivity index (χ0) is 21.8. The molecule has 1 amide bonds. The number of halogens is 1. The zero-order valence-electron chi connectivity index (χ0n) is 17.2. The van der Waals surface area contributed by atoms with E-state index < -0.39 is 0 Å². The molecule has 0 unspecified atom stereocenters. The highest BCUT2D eigenvalue weighted by Gasteiger charge is 2.14. The van der Waals surface area contributed by atoms with Crippen molar-refractivity contribution < 1.29 is 14.3 Å². The Kier molecular flexibility index (Phi) is 6.05. The van der Waals surface area contributed by atoms with E-state index in [1.165, 1.54) is 0 Å². The molecule has 0 fully saturated rings. The van der Waals surface area contributed by atoms with Crippen LogP contribution in [0.4, 0.5) is 5.69 Å². The van der Waals surface area contributed by atoms with Crippen LogP contribution in [0.15, 0.2) is 72.8 Å². The molecule has 0 aliphatic heterocycles. The lowest BCUT2D eigenvalue weighted by molar-refractivity contribution is 0.102. The topological polar surface area (TPSA) is 60.5 Å². The van der Waals surface area contributed by atoms with E-state index in [4.69, 9.17) is 26.1 Å². The van der Waals surface area contributed by atoms with Crippen molar-refractivity contribution in [2.24, 2.45) is 0 Å². The van der Waals surface area contributed by atoms with Crippen LogP contribution in [0.25, 0.3) is 22.2 Å². The quantitative estimate of drug-likeness (QED) is 0.393. The summed E-state index contributed by atoms with van der Waals surface area (Å²) < 4.78 is 11.2. The van der Waals surface area contributed by atoms with Crippen molar-refractivity contribution in [3.05, 3.63) is 83.4 Å². The molecule has 156 valence electrons. The van der Waals surface area contributed by atoms with Crippen LogP contribution in [0.3, 0.4) is 0 Å². The third-order valence-electron chi connectivity index (χ3n) is 4.81. The van der Waals surface area contributed by atoms with Gasteiger partial charge in [-0.15, -0.1) is 0 Å². The second-order valence-electron chi connectivity index (χ2n) is 6.84. The molecule has 0 radical (unpaired) electrons. The largest absolute Gasteiger partial charge is 0.495 e. The van der Waals surface area contributed by atoms with Gasteiger partial charge in [-0.3, -0.25) is 4.79 Å². The first-order valence-electron chi connectivity index (χ1n) is 9.87. The summed E-state index contributed by atoms with van der Waals surface area (Å²) in [6.07, 6.45) is 0. The van der Waals surface area contributed by atoms with Crippen LogP contribution in [-0.2, 0) is 0 Å². The van der Waals surface area contributed by atoms with Gasteiger partial charge in [0.25, 0.3) is 5.91 Å². The highest BCUT2D eigenvalue weighted by molar-refractivity contribution is 6.31. The Morgan fingerprint density at radius 3 is 2.55 bits per heavy atom. The third-order valence-corrected chi connectivity index (χ3v) is 5.05. The molecule has 0 spiro atoms. The van der Waals surface area contributed by atoms with Gasteiger partial charge in [-0.2, -0.15) is 0 Å². The van der Waals surface area contributed by atoms with Crippen LogP contribution in [-0.4, -0.2) is 24.6 Å². The number of carbonyl (C=O) groups is 1. The predicted octanol–water partition coefficient (Wildman–Crippen LogP) is 6.21. The number of methoxy groups -OCH3 is 1. The van der Waals surface area contributed by atoms with Crippen LogP contribution in [0.1, 0.15) is 17.3 Å². The highest BCUT2D eigenvalue weighted by Crippen LogP contribution is 2.32. The first-order chi connectivity index (χ1) is 15.1. The minimum absolute atomic E-state index is 0.281. The molecule has 5 nitrogen and oxygen atoms in total. The Hall–Kier alpha value is -3.57. The number of anilines is 1. The Morgan fingerprint density at radius 2 is 1.81 bits per heavy atom. The summed E-state index contributed by atoms with van der Waals surface area (Å²) in [7, 11) is 1.54. The first kappa shape index (κ1) is 20.7.